The standard InChI is InChI=1S/C23H28N7O8P/c1-13-11-30(23(33)26-21(13)31)20-9-17(27-29-24)19(38-20)12-37-39(34,36-3)28-18(22(32)35-2)8-14-10-25-16-7-5-4-6-15(14)16/h4-7,10-11,17-20,25H,8-9,12H2,1-3H3,(H,28,34)(H,26,31,33)/t17?,18-,19?,20?,39?/m0/s1. The summed E-state index contributed by atoms with van der Waals surface area (Å²) in [7, 11) is -1.74. The van der Waals surface area contributed by atoms with Crippen LogP contribution in [0.15, 0.2) is 51.4 Å². The number of H-pyrrole nitrogens is 2. The Morgan fingerprint density at radius 2 is 2.13 bits per heavy atom. The molecule has 3 N–H and O–H groups in total. The van der Waals surface area contributed by atoms with Crippen LogP contribution in [0.1, 0.15) is 23.8 Å². The van der Waals surface area contributed by atoms with Crippen LogP contribution < -0.4 is 16.3 Å². The van der Waals surface area contributed by atoms with Crippen LogP contribution in [0, 0.1) is 6.92 Å². The fourth-order valence-corrected chi connectivity index (χ4v) is 5.58. The number of nitrogens with zero attached hydrogens (tertiary/aromatic N) is 4. The maximum absolute atomic E-state index is 13.5. The number of azide groups is 1. The van der Waals surface area contributed by atoms with Crippen LogP contribution in [-0.2, 0) is 34.3 Å². The number of fused-ring (bicyclic) bond motifs is 1. The summed E-state index contributed by atoms with van der Waals surface area (Å²) in [6.07, 6.45) is 1.51. The molecular formula is C23H28N7O8P. The molecule has 2 aromatic heterocycles. The van der Waals surface area contributed by atoms with Gasteiger partial charge in [-0.1, -0.05) is 23.3 Å². The molecule has 0 saturated carbocycles. The van der Waals surface area contributed by atoms with Gasteiger partial charge in [-0.3, -0.25) is 23.7 Å². The van der Waals surface area contributed by atoms with Crippen LogP contribution in [0.5, 0.6) is 0 Å². The van der Waals surface area contributed by atoms with Gasteiger partial charge in [0.25, 0.3) is 5.56 Å². The summed E-state index contributed by atoms with van der Waals surface area (Å²) in [5, 5.41) is 7.24. The molecule has 1 fully saturated rings. The number of aryl methyl sites for hydroxylation is 1. The van der Waals surface area contributed by atoms with Gasteiger partial charge in [-0.15, -0.1) is 0 Å². The zero-order valence-electron chi connectivity index (χ0n) is 21.4. The number of rotatable bonds is 11. The number of esters is 1. The van der Waals surface area contributed by atoms with Gasteiger partial charge in [-0.2, -0.15) is 0 Å². The third-order valence-electron chi connectivity index (χ3n) is 6.41. The SMILES string of the molecule is COC(=O)[C@H](Cc1c[nH]c2ccccc12)NP(=O)(OC)OCC1OC(n2cc(C)c(=O)[nH]c2=O)CC1N=[N+]=[N-]. The second kappa shape index (κ2) is 12.0. The molecule has 16 heteroatoms. The van der Waals surface area contributed by atoms with Gasteiger partial charge >= 0.3 is 19.4 Å². The maximum Gasteiger partial charge on any atom is 0.406 e. The van der Waals surface area contributed by atoms with E-state index in [0.29, 0.717) is 0 Å². The van der Waals surface area contributed by atoms with Gasteiger partial charge in [0.15, 0.2) is 0 Å². The van der Waals surface area contributed by atoms with Crippen molar-refractivity contribution in [2.45, 2.75) is 44.2 Å². The Balaban J connectivity index is 1.50. The molecule has 0 radical (unpaired) electrons. The molecule has 15 nitrogen and oxygen atoms in total. The number of para-hydroxylation sites is 1. The van der Waals surface area contributed by atoms with Gasteiger partial charge in [0.1, 0.15) is 12.3 Å². The van der Waals surface area contributed by atoms with Crippen molar-refractivity contribution in [1.82, 2.24) is 19.6 Å². The molecule has 0 bridgehead atoms. The Labute approximate surface area is 221 Å². The van der Waals surface area contributed by atoms with E-state index < -0.39 is 49.4 Å². The molecular weight excluding hydrogens is 533 g/mol. The summed E-state index contributed by atoms with van der Waals surface area (Å²) in [5.41, 5.74) is 9.73. The number of benzene rings is 1. The predicted octanol–water partition coefficient (Wildman–Crippen LogP) is 2.44. The van der Waals surface area contributed by atoms with Crippen molar-refractivity contribution in [3.05, 3.63) is 79.1 Å². The van der Waals surface area contributed by atoms with E-state index in [-0.39, 0.29) is 25.0 Å². The summed E-state index contributed by atoms with van der Waals surface area (Å²) >= 11 is 0. The number of methoxy groups -OCH3 is 1. The van der Waals surface area contributed by atoms with Gasteiger partial charge in [-0.25, -0.2) is 14.4 Å². The van der Waals surface area contributed by atoms with Crippen molar-refractivity contribution in [3.8, 4) is 0 Å². The Morgan fingerprint density at radius 3 is 2.85 bits per heavy atom. The van der Waals surface area contributed by atoms with Crippen molar-refractivity contribution in [2.75, 3.05) is 20.8 Å². The van der Waals surface area contributed by atoms with Crippen molar-refractivity contribution >= 4 is 24.6 Å². The number of carbonyl (C=O) groups excluding carboxylic acids is 1. The fourth-order valence-electron chi connectivity index (χ4n) is 4.37. The molecule has 0 amide bonds. The average molecular weight is 561 g/mol. The number of nitrogens with one attached hydrogen (secondary N) is 3. The summed E-state index contributed by atoms with van der Waals surface area (Å²) in [5.74, 6) is -0.682. The number of aromatic amines is 2. The summed E-state index contributed by atoms with van der Waals surface area (Å²) in [6.45, 7) is 1.17. The van der Waals surface area contributed by atoms with Gasteiger partial charge < -0.3 is 19.0 Å². The topological polar surface area (TPSA) is 202 Å². The largest absolute Gasteiger partial charge is 0.468 e. The first-order valence-corrected chi connectivity index (χ1v) is 13.4. The Kier molecular flexibility index (Phi) is 8.70. The first kappa shape index (κ1) is 28.3. The van der Waals surface area contributed by atoms with Crippen molar-refractivity contribution < 1.29 is 27.9 Å². The number of aromatic nitrogens is 3. The third-order valence-corrected chi connectivity index (χ3v) is 8.01. The molecule has 5 atom stereocenters. The fraction of sp³-hybridized carbons (Fsp3) is 0.435. The second-order valence-electron chi connectivity index (χ2n) is 8.86. The minimum Gasteiger partial charge on any atom is -0.468 e. The van der Waals surface area contributed by atoms with E-state index in [2.05, 4.69) is 25.1 Å². The van der Waals surface area contributed by atoms with E-state index in [1.807, 2.05) is 24.3 Å². The van der Waals surface area contributed by atoms with Crippen LogP contribution >= 0.6 is 7.75 Å². The molecule has 0 aliphatic carbocycles. The lowest BCUT2D eigenvalue weighted by Gasteiger charge is -2.24. The van der Waals surface area contributed by atoms with E-state index in [1.165, 1.54) is 24.8 Å². The second-order valence-corrected chi connectivity index (χ2v) is 10.7. The maximum atomic E-state index is 13.5. The highest BCUT2D eigenvalue weighted by Gasteiger charge is 2.39. The first-order chi connectivity index (χ1) is 18.7. The van der Waals surface area contributed by atoms with Gasteiger partial charge in [0.05, 0.1) is 25.9 Å². The lowest BCUT2D eigenvalue weighted by atomic mass is 10.1. The van der Waals surface area contributed by atoms with E-state index in [0.717, 1.165) is 23.6 Å². The highest BCUT2D eigenvalue weighted by molar-refractivity contribution is 7.51. The summed E-state index contributed by atoms with van der Waals surface area (Å²) < 4.78 is 36.2. The van der Waals surface area contributed by atoms with Crippen LogP contribution in [0.2, 0.25) is 0 Å². The lowest BCUT2D eigenvalue weighted by Crippen LogP contribution is -2.39. The van der Waals surface area contributed by atoms with E-state index in [4.69, 9.17) is 24.1 Å². The molecule has 39 heavy (non-hydrogen) atoms. The predicted molar refractivity (Wildman–Crippen MR) is 139 cm³/mol. The van der Waals surface area contributed by atoms with E-state index >= 15 is 0 Å². The molecule has 3 aromatic rings. The van der Waals surface area contributed by atoms with Crippen molar-refractivity contribution in [2.24, 2.45) is 5.11 Å². The van der Waals surface area contributed by atoms with Gasteiger partial charge in [0, 0.05) is 53.7 Å². The van der Waals surface area contributed by atoms with Gasteiger partial charge in [-0.05, 0) is 24.1 Å². The quantitative estimate of drug-likeness (QED) is 0.103. The average Bonchev–Trinajstić information content (AvgIpc) is 3.53. The summed E-state index contributed by atoms with van der Waals surface area (Å²) in [6, 6.07) is 5.64. The molecule has 1 aromatic carbocycles. The highest BCUT2D eigenvalue weighted by Crippen LogP contribution is 2.45. The van der Waals surface area contributed by atoms with Crippen LogP contribution in [0.3, 0.4) is 0 Å². The normalized spacial score (nSPS) is 21.3. The molecule has 3 heterocycles. The molecule has 208 valence electrons. The Morgan fingerprint density at radius 1 is 1.36 bits per heavy atom. The molecule has 0 spiro atoms. The Hall–Kier alpha value is -3.71. The van der Waals surface area contributed by atoms with E-state index in [9.17, 15) is 18.9 Å². The van der Waals surface area contributed by atoms with Crippen LogP contribution in [-0.4, -0.2) is 59.5 Å². The van der Waals surface area contributed by atoms with Crippen molar-refractivity contribution in [3.63, 3.8) is 0 Å². The third kappa shape index (κ3) is 6.31. The number of hydrogen-bond donors (Lipinski definition) is 3. The first-order valence-electron chi connectivity index (χ1n) is 11.9. The summed E-state index contributed by atoms with van der Waals surface area (Å²) in [4.78, 5) is 44.8. The smallest absolute Gasteiger partial charge is 0.406 e. The molecule has 4 rings (SSSR count). The Bertz CT molecular complexity index is 1560. The lowest BCUT2D eigenvalue weighted by molar-refractivity contribution is -0.142. The molecule has 1 saturated heterocycles. The monoisotopic (exact) mass is 561 g/mol. The molecule has 1 aliphatic rings. The van der Waals surface area contributed by atoms with Crippen molar-refractivity contribution in [1.29, 1.82) is 0 Å². The zero-order valence-corrected chi connectivity index (χ0v) is 22.3. The number of hydrogen-bond acceptors (Lipinski definition) is 9. The molecule has 4 unspecified atom stereocenters. The molecule has 1 aliphatic heterocycles. The van der Waals surface area contributed by atoms with Crippen LogP contribution in [0.4, 0.5) is 0 Å². The zero-order chi connectivity index (χ0) is 28.2. The number of carbonyl (C=O) groups is 1. The minimum atomic E-state index is -4.11. The van der Waals surface area contributed by atoms with E-state index in [1.54, 1.807) is 6.20 Å². The van der Waals surface area contributed by atoms with Crippen LogP contribution in [0.25, 0.3) is 21.3 Å². The highest BCUT2D eigenvalue weighted by atomic mass is 31.2. The minimum absolute atomic E-state index is 0.0968. The van der Waals surface area contributed by atoms with Gasteiger partial charge in [0.2, 0.25) is 0 Å². The number of ether oxygens (including phenoxy) is 2.